The van der Waals surface area contributed by atoms with Crippen LogP contribution in [0, 0.1) is 5.92 Å². The second kappa shape index (κ2) is 32.6. The first-order valence-electron chi connectivity index (χ1n) is 26.0. The number of primary amides is 1. The number of aromatic amines is 1. The highest BCUT2D eigenvalue weighted by atomic mass is 16.6. The smallest absolute Gasteiger partial charge is 0.407 e. The van der Waals surface area contributed by atoms with Crippen LogP contribution >= 0.6 is 0 Å². The number of methoxy groups -OCH3 is 1. The monoisotopic (exact) mass is 1100 g/mol. The predicted molar refractivity (Wildman–Crippen MR) is 288 cm³/mol. The number of aromatic nitrogens is 4. The zero-order valence-corrected chi connectivity index (χ0v) is 45.0. The first-order chi connectivity index (χ1) is 38.1. The van der Waals surface area contributed by atoms with Crippen molar-refractivity contribution >= 4 is 64.3 Å². The van der Waals surface area contributed by atoms with Crippen molar-refractivity contribution in [1.82, 2.24) is 51.0 Å². The lowest BCUT2D eigenvalue weighted by Gasteiger charge is -2.25. The summed E-state index contributed by atoms with van der Waals surface area (Å²) < 4.78 is 34.3. The standard InChI is InChI=1S/C52H73N13O14/c1-5-78-50-62-45(53)44-46(63-50)65(51(72)61-44)31-36-13-10-35(29-39(36)74-4)30-55-19-6-7-20-57-52(73)79-32-34-11-14-37(15-12-34)58-47(69)38(9-8-21-56-49(54)71)59-48(70)43(33(2)3)60-40(66)18-23-75-25-27-77-28-26-76-24-22-64-41(67)16-17-42(64)68/h10-17,29,33,38,43,55H,5-9,18-28,30-32H2,1-4H3,(H,57,73)(H,58,69)(H,59,70)(H,60,66)(H,61,72)(H2,53,62,63)(H3,54,56,71)/t38-,43-/m0/s1. The molecule has 2 aromatic carbocycles. The molecule has 430 valence electrons. The number of imide groups is 1. The average Bonchev–Trinajstić information content (AvgIpc) is 4.02. The number of fused-ring (bicyclic) bond motifs is 1. The summed E-state index contributed by atoms with van der Waals surface area (Å²) in [5, 5.41) is 16.9. The number of hydrogen-bond donors (Lipinski definition) is 9. The maximum atomic E-state index is 13.6. The van der Waals surface area contributed by atoms with Crippen molar-refractivity contribution in [2.45, 2.75) is 84.7 Å². The lowest BCUT2D eigenvalue weighted by molar-refractivity contribution is -0.137. The van der Waals surface area contributed by atoms with Crippen molar-refractivity contribution in [3.05, 3.63) is 81.8 Å². The molecular formula is C52H73N13O14. The first kappa shape index (κ1) is 61.7. The minimum absolute atomic E-state index is 0.0272. The molecule has 3 heterocycles. The molecular weight excluding hydrogens is 1030 g/mol. The summed E-state index contributed by atoms with van der Waals surface area (Å²) in [5.74, 6) is -1.94. The molecule has 27 heteroatoms. The number of urea groups is 1. The number of amides is 8. The van der Waals surface area contributed by atoms with E-state index in [4.69, 9.17) is 39.9 Å². The molecule has 1 aliphatic heterocycles. The van der Waals surface area contributed by atoms with Gasteiger partial charge in [0.25, 0.3) is 11.8 Å². The van der Waals surface area contributed by atoms with Crippen LogP contribution in [0.4, 0.5) is 21.1 Å². The van der Waals surface area contributed by atoms with Crippen LogP contribution < -0.4 is 58.5 Å². The lowest BCUT2D eigenvalue weighted by atomic mass is 10.0. The number of hydrogen-bond acceptors (Lipinski definition) is 18. The number of benzene rings is 2. The lowest BCUT2D eigenvalue weighted by Crippen LogP contribution is -2.54. The highest BCUT2D eigenvalue weighted by Gasteiger charge is 2.29. The number of H-pyrrole nitrogens is 1. The van der Waals surface area contributed by atoms with Crippen molar-refractivity contribution in [1.29, 1.82) is 0 Å². The molecule has 11 N–H and O–H groups in total. The zero-order chi connectivity index (χ0) is 57.1. The number of carbonyl (C=O) groups excluding carboxylic acids is 7. The highest BCUT2D eigenvalue weighted by molar-refractivity contribution is 6.12. The number of nitrogen functional groups attached to an aromatic ring is 1. The van der Waals surface area contributed by atoms with E-state index in [1.807, 2.05) is 18.2 Å². The fraction of sp³-hybridized carbons (Fsp3) is 0.500. The van der Waals surface area contributed by atoms with Crippen molar-refractivity contribution in [3.63, 3.8) is 0 Å². The van der Waals surface area contributed by atoms with Crippen molar-refractivity contribution in [2.75, 3.05) is 90.6 Å². The van der Waals surface area contributed by atoms with Crippen molar-refractivity contribution in [2.24, 2.45) is 11.7 Å². The second-order valence-corrected chi connectivity index (χ2v) is 18.3. The van der Waals surface area contributed by atoms with Crippen LogP contribution in [0.15, 0.2) is 59.4 Å². The van der Waals surface area contributed by atoms with E-state index in [0.717, 1.165) is 22.4 Å². The molecule has 0 aliphatic carbocycles. The quantitative estimate of drug-likeness (QED) is 0.0229. The third-order valence-electron chi connectivity index (χ3n) is 12.0. The summed E-state index contributed by atoms with van der Waals surface area (Å²) in [5.41, 5.74) is 14.3. The molecule has 2 atom stereocenters. The molecule has 4 aromatic rings. The fourth-order valence-corrected chi connectivity index (χ4v) is 7.83. The summed E-state index contributed by atoms with van der Waals surface area (Å²) in [7, 11) is 1.56. The number of nitrogens with zero attached hydrogens (tertiary/aromatic N) is 4. The predicted octanol–water partition coefficient (Wildman–Crippen LogP) is 1.33. The van der Waals surface area contributed by atoms with Gasteiger partial charge in [0.2, 0.25) is 17.7 Å². The molecule has 5 rings (SSSR count). The Bertz CT molecular complexity index is 2750. The fourth-order valence-electron chi connectivity index (χ4n) is 7.83. The largest absolute Gasteiger partial charge is 0.496 e. The van der Waals surface area contributed by atoms with Gasteiger partial charge in [-0.15, -0.1) is 0 Å². The minimum Gasteiger partial charge on any atom is -0.496 e. The second-order valence-electron chi connectivity index (χ2n) is 18.3. The summed E-state index contributed by atoms with van der Waals surface area (Å²) in [6.45, 7) is 8.92. The molecule has 0 spiro atoms. The van der Waals surface area contributed by atoms with Gasteiger partial charge in [0, 0.05) is 49.5 Å². The van der Waals surface area contributed by atoms with Crippen molar-refractivity contribution in [3.8, 4) is 11.8 Å². The minimum atomic E-state index is -1.05. The number of ether oxygens (including phenoxy) is 6. The van der Waals surface area contributed by atoms with Gasteiger partial charge in [0.15, 0.2) is 11.5 Å². The Labute approximate surface area is 456 Å². The Morgan fingerprint density at radius 1 is 0.785 bits per heavy atom. The third kappa shape index (κ3) is 20.6. The molecule has 0 bridgehead atoms. The van der Waals surface area contributed by atoms with Crippen LogP contribution in [0.2, 0.25) is 0 Å². The average molecular weight is 1100 g/mol. The Morgan fingerprint density at radius 3 is 2.14 bits per heavy atom. The maximum absolute atomic E-state index is 13.6. The van der Waals surface area contributed by atoms with E-state index in [1.54, 1.807) is 52.1 Å². The van der Waals surface area contributed by atoms with Crippen molar-refractivity contribution < 1.29 is 62.0 Å². The van der Waals surface area contributed by atoms with Crippen LogP contribution in [-0.2, 0) is 62.6 Å². The van der Waals surface area contributed by atoms with Crippen LogP contribution in [0.3, 0.4) is 0 Å². The van der Waals surface area contributed by atoms with Gasteiger partial charge in [-0.05, 0) is 74.4 Å². The highest BCUT2D eigenvalue weighted by Crippen LogP contribution is 2.24. The zero-order valence-electron chi connectivity index (χ0n) is 45.0. The Kier molecular flexibility index (Phi) is 25.4. The van der Waals surface area contributed by atoms with E-state index in [2.05, 4.69) is 46.9 Å². The number of nitrogens with one attached hydrogen (secondary N) is 7. The van der Waals surface area contributed by atoms with Gasteiger partial charge >= 0.3 is 23.8 Å². The Balaban J connectivity index is 0.965. The summed E-state index contributed by atoms with van der Waals surface area (Å²) in [6.07, 6.45) is 3.68. The van der Waals surface area contributed by atoms with E-state index >= 15 is 0 Å². The maximum Gasteiger partial charge on any atom is 0.407 e. The van der Waals surface area contributed by atoms with Gasteiger partial charge in [0.05, 0.1) is 66.4 Å². The number of nitrogens with two attached hydrogens (primary N) is 2. The molecule has 79 heavy (non-hydrogen) atoms. The molecule has 2 aromatic heterocycles. The van der Waals surface area contributed by atoms with Crippen LogP contribution in [0.5, 0.6) is 11.8 Å². The van der Waals surface area contributed by atoms with E-state index in [-0.39, 0.29) is 108 Å². The summed E-state index contributed by atoms with van der Waals surface area (Å²) in [6, 6.07) is 9.67. The van der Waals surface area contributed by atoms with Gasteiger partial charge in [-0.2, -0.15) is 9.97 Å². The molecule has 0 saturated carbocycles. The molecule has 0 radical (unpaired) electrons. The van der Waals surface area contributed by atoms with E-state index in [0.29, 0.717) is 67.2 Å². The van der Waals surface area contributed by atoms with Gasteiger partial charge in [-0.3, -0.25) is 33.4 Å². The van der Waals surface area contributed by atoms with Crippen LogP contribution in [0.1, 0.15) is 69.6 Å². The first-order valence-corrected chi connectivity index (χ1v) is 26.0. The molecule has 1 aliphatic rings. The van der Waals surface area contributed by atoms with Gasteiger partial charge in [-0.25, -0.2) is 14.4 Å². The molecule has 0 saturated heterocycles. The summed E-state index contributed by atoms with van der Waals surface area (Å²) in [4.78, 5) is 112. The van der Waals surface area contributed by atoms with E-state index < -0.39 is 47.6 Å². The number of carbonyl (C=O) groups is 7. The number of anilines is 2. The van der Waals surface area contributed by atoms with E-state index in [9.17, 15) is 38.4 Å². The number of imidazole rings is 1. The van der Waals surface area contributed by atoms with Crippen LogP contribution in [-0.4, -0.2) is 158 Å². The third-order valence-corrected chi connectivity index (χ3v) is 12.0. The SMILES string of the molecule is CCOc1nc(N)c2[nH]c(=O)n(Cc3ccc(CNCCCCNC(=O)OCc4ccc(NC(=O)[C@H](CCCNC(N)=O)NC(=O)[C@@H](NC(=O)CCOCCOCCOCCN5C(=O)C=CC5=O)C(C)C)cc4)cc3OC)c2n1. The Hall–Kier alpha value is -8.14. The molecule has 0 fully saturated rings. The molecule has 0 unspecified atom stereocenters. The van der Waals surface area contributed by atoms with Gasteiger partial charge < -0.3 is 76.8 Å². The normalized spacial score (nSPS) is 12.8. The number of unbranched alkanes of at least 4 members (excludes halogenated alkanes) is 1. The molecule has 27 nitrogen and oxygen atoms in total. The van der Waals surface area contributed by atoms with Crippen LogP contribution in [0.25, 0.3) is 11.2 Å². The van der Waals surface area contributed by atoms with Gasteiger partial charge in [-0.1, -0.05) is 38.1 Å². The molecule has 8 amide bonds. The van der Waals surface area contributed by atoms with Gasteiger partial charge in [0.1, 0.15) is 30.0 Å². The number of rotatable bonds is 36. The summed E-state index contributed by atoms with van der Waals surface area (Å²) >= 11 is 0. The van der Waals surface area contributed by atoms with E-state index in [1.165, 1.54) is 16.7 Å². The number of alkyl carbamates (subject to hydrolysis) is 1. The Morgan fingerprint density at radius 2 is 1.46 bits per heavy atom. The topological polar surface area (TPSA) is 366 Å².